The van der Waals surface area contributed by atoms with Gasteiger partial charge in [0.25, 0.3) is 5.56 Å². The molecule has 5 N–H and O–H groups in total. The smallest absolute Gasteiger partial charge is 0.327 e. The molecule has 1 aromatic carbocycles. The van der Waals surface area contributed by atoms with Crippen LogP contribution in [0, 0.1) is 5.92 Å². The van der Waals surface area contributed by atoms with E-state index in [1.165, 1.54) is 0 Å². The maximum Gasteiger partial charge on any atom is 0.327 e. The summed E-state index contributed by atoms with van der Waals surface area (Å²) in [6.45, 7) is 1.69. The van der Waals surface area contributed by atoms with Gasteiger partial charge in [0, 0.05) is 0 Å². The van der Waals surface area contributed by atoms with Crippen molar-refractivity contribution in [1.29, 1.82) is 0 Å². The van der Waals surface area contributed by atoms with Gasteiger partial charge in [0.05, 0.1) is 23.7 Å². The molecule has 0 aliphatic carbocycles. The molecular formula is C20H17N5O7. The number of hydrogen-bond donors (Lipinski definition) is 4. The Hall–Kier alpha value is -4.35. The average molecular weight is 439 g/mol. The van der Waals surface area contributed by atoms with E-state index in [0.29, 0.717) is 17.1 Å². The molecule has 2 atom stereocenters. The Morgan fingerprint density at radius 2 is 2.00 bits per heavy atom. The number of esters is 1. The summed E-state index contributed by atoms with van der Waals surface area (Å²) in [7, 11) is 0. The van der Waals surface area contributed by atoms with E-state index in [4.69, 9.17) is 19.9 Å². The summed E-state index contributed by atoms with van der Waals surface area (Å²) in [6.07, 6.45) is 0. The van der Waals surface area contributed by atoms with Crippen molar-refractivity contribution in [3.8, 4) is 11.5 Å². The van der Waals surface area contributed by atoms with Crippen LogP contribution >= 0.6 is 0 Å². The molecule has 0 radical (unpaired) electrons. The number of H-pyrrole nitrogens is 2. The molecule has 4 heterocycles. The minimum Gasteiger partial charge on any atom is -0.465 e. The lowest BCUT2D eigenvalue weighted by Gasteiger charge is -2.32. The number of anilines is 1. The molecule has 12 nitrogen and oxygen atoms in total. The van der Waals surface area contributed by atoms with Crippen LogP contribution in [0.25, 0.3) is 0 Å². The Balaban J connectivity index is 1.73. The molecule has 3 aliphatic rings. The van der Waals surface area contributed by atoms with E-state index in [0.717, 1.165) is 0 Å². The van der Waals surface area contributed by atoms with Gasteiger partial charge in [-0.15, -0.1) is 0 Å². The number of aliphatic imine (C=N–C) groups is 1. The van der Waals surface area contributed by atoms with Crippen LogP contribution in [0.1, 0.15) is 24.0 Å². The molecule has 3 aliphatic heterocycles. The number of ketones is 1. The molecule has 0 saturated carbocycles. The zero-order chi connectivity index (χ0) is 22.6. The fourth-order valence-corrected chi connectivity index (χ4v) is 4.05. The van der Waals surface area contributed by atoms with Crippen molar-refractivity contribution in [3.05, 3.63) is 61.6 Å². The highest BCUT2D eigenvalue weighted by molar-refractivity contribution is 6.25. The number of allylic oxidation sites excluding steroid dienone is 1. The van der Waals surface area contributed by atoms with Gasteiger partial charge >= 0.3 is 11.7 Å². The Morgan fingerprint density at radius 3 is 2.78 bits per heavy atom. The maximum absolute atomic E-state index is 13.5. The first-order chi connectivity index (χ1) is 15.4. The number of carbonyl (C=O) groups is 2. The third-order valence-electron chi connectivity index (χ3n) is 5.37. The monoisotopic (exact) mass is 439 g/mol. The number of fused-ring (bicyclic) bond motifs is 2. The van der Waals surface area contributed by atoms with Crippen LogP contribution in [-0.2, 0) is 14.3 Å². The van der Waals surface area contributed by atoms with E-state index >= 15 is 0 Å². The largest absolute Gasteiger partial charge is 0.465 e. The van der Waals surface area contributed by atoms with Crippen LogP contribution in [0.2, 0.25) is 0 Å². The van der Waals surface area contributed by atoms with Gasteiger partial charge in [0.2, 0.25) is 6.79 Å². The fraction of sp³-hybridized carbons (Fsp3) is 0.250. The van der Waals surface area contributed by atoms with Gasteiger partial charge in [0.1, 0.15) is 17.5 Å². The van der Waals surface area contributed by atoms with Gasteiger partial charge in [-0.25, -0.2) is 9.79 Å². The van der Waals surface area contributed by atoms with Gasteiger partial charge in [0.15, 0.2) is 23.2 Å². The second-order valence-corrected chi connectivity index (χ2v) is 7.22. The molecule has 2 unspecified atom stereocenters. The Bertz CT molecular complexity index is 1350. The van der Waals surface area contributed by atoms with E-state index in [9.17, 15) is 19.2 Å². The topological polar surface area (TPSA) is 178 Å². The number of ether oxygens (including phenoxy) is 3. The summed E-state index contributed by atoms with van der Waals surface area (Å²) in [5.74, 6) is -3.13. The molecule has 0 fully saturated rings. The van der Waals surface area contributed by atoms with Crippen molar-refractivity contribution < 1.29 is 23.8 Å². The van der Waals surface area contributed by atoms with Crippen molar-refractivity contribution in [3.63, 3.8) is 0 Å². The zero-order valence-electron chi connectivity index (χ0n) is 16.7. The van der Waals surface area contributed by atoms with E-state index in [1.807, 2.05) is 0 Å². The third kappa shape index (κ3) is 2.87. The highest BCUT2D eigenvalue weighted by Crippen LogP contribution is 2.44. The van der Waals surface area contributed by atoms with Crippen LogP contribution in [0.4, 0.5) is 5.82 Å². The fourth-order valence-electron chi connectivity index (χ4n) is 4.05. The number of aromatic nitrogens is 2. The molecule has 164 valence electrons. The maximum atomic E-state index is 13.5. The molecule has 0 spiro atoms. The molecule has 0 saturated heterocycles. The molecule has 1 aromatic heterocycles. The molecule has 32 heavy (non-hydrogen) atoms. The number of aromatic amines is 2. The number of benzene rings is 1. The van der Waals surface area contributed by atoms with Crippen LogP contribution in [0.5, 0.6) is 11.5 Å². The molecule has 5 rings (SSSR count). The normalized spacial score (nSPS) is 20.8. The van der Waals surface area contributed by atoms with Crippen molar-refractivity contribution in [1.82, 2.24) is 9.97 Å². The zero-order valence-corrected chi connectivity index (χ0v) is 16.7. The summed E-state index contributed by atoms with van der Waals surface area (Å²) in [5.41, 5.74) is 5.10. The lowest BCUT2D eigenvalue weighted by Crippen LogP contribution is -2.45. The number of nitrogens with two attached hydrogens (primary N) is 1. The Labute approximate surface area is 179 Å². The molecule has 0 bridgehead atoms. The van der Waals surface area contributed by atoms with Crippen molar-refractivity contribution in [2.75, 3.05) is 18.7 Å². The van der Waals surface area contributed by atoms with Crippen molar-refractivity contribution in [2.24, 2.45) is 16.6 Å². The molecule has 12 heteroatoms. The first-order valence-corrected chi connectivity index (χ1v) is 9.71. The van der Waals surface area contributed by atoms with E-state index in [-0.39, 0.29) is 42.0 Å². The van der Waals surface area contributed by atoms with Gasteiger partial charge in [-0.2, -0.15) is 0 Å². The number of amidine groups is 1. The molecule has 0 amide bonds. The summed E-state index contributed by atoms with van der Waals surface area (Å²) in [6, 6.07) is 4.94. The number of Topliss-reactive ketones (excluding diaryl/α,β-unsaturated/α-hetero) is 1. The summed E-state index contributed by atoms with van der Waals surface area (Å²) >= 11 is 0. The summed E-state index contributed by atoms with van der Waals surface area (Å²) in [5, 5.41) is 2.79. The number of rotatable bonds is 3. The van der Waals surface area contributed by atoms with Crippen LogP contribution in [-0.4, -0.2) is 41.0 Å². The minimum atomic E-state index is -1.45. The van der Waals surface area contributed by atoms with Crippen molar-refractivity contribution in [2.45, 2.75) is 12.8 Å². The second-order valence-electron chi connectivity index (χ2n) is 7.22. The lowest BCUT2D eigenvalue weighted by atomic mass is 9.77. The minimum absolute atomic E-state index is 0.0319. The van der Waals surface area contributed by atoms with Gasteiger partial charge < -0.3 is 25.3 Å². The highest BCUT2D eigenvalue weighted by Gasteiger charge is 2.45. The highest BCUT2D eigenvalue weighted by atomic mass is 16.7. The second kappa shape index (κ2) is 7.11. The lowest BCUT2D eigenvalue weighted by molar-refractivity contribution is -0.148. The van der Waals surface area contributed by atoms with Crippen molar-refractivity contribution >= 4 is 23.4 Å². The number of hydrogen-bond acceptors (Lipinski definition) is 10. The Morgan fingerprint density at radius 1 is 1.22 bits per heavy atom. The molecular weight excluding hydrogens is 422 g/mol. The summed E-state index contributed by atoms with van der Waals surface area (Å²) < 4.78 is 15.8. The van der Waals surface area contributed by atoms with E-state index < -0.39 is 34.8 Å². The van der Waals surface area contributed by atoms with E-state index in [2.05, 4.69) is 20.3 Å². The van der Waals surface area contributed by atoms with Gasteiger partial charge in [-0.05, 0) is 24.6 Å². The first-order valence-electron chi connectivity index (χ1n) is 9.71. The standard InChI is InChI=1S/C20H17N5O7/c1-2-30-19(28)13-14(26)11-10(7-3-4-8-9(5-7)32-6-31-8)12-17(23-16(11)22-15(13)21)24-20(29)25-18(12)27/h3-5,10,13H,2,6H2,1H3,(H2,21,22)(H3,23,24,25,27,29). The van der Waals surface area contributed by atoms with Crippen LogP contribution in [0.15, 0.2) is 44.2 Å². The molecule has 2 aromatic rings. The quantitative estimate of drug-likeness (QED) is 0.368. The third-order valence-corrected chi connectivity index (χ3v) is 5.37. The van der Waals surface area contributed by atoms with Gasteiger partial charge in [-0.1, -0.05) is 6.07 Å². The predicted molar refractivity (Wildman–Crippen MR) is 109 cm³/mol. The first kappa shape index (κ1) is 19.6. The van der Waals surface area contributed by atoms with E-state index in [1.54, 1.807) is 25.1 Å². The predicted octanol–water partition coefficient (Wildman–Crippen LogP) is -0.320. The number of carbonyl (C=O) groups excluding carboxylic acids is 2. The average Bonchev–Trinajstić information content (AvgIpc) is 3.20. The van der Waals surface area contributed by atoms with Crippen LogP contribution < -0.4 is 31.8 Å². The van der Waals surface area contributed by atoms with Crippen LogP contribution in [0.3, 0.4) is 0 Å². The number of nitrogens with one attached hydrogen (secondary N) is 3. The number of nitrogens with zero attached hydrogens (tertiary/aromatic N) is 1. The SMILES string of the molecule is CCOC(=O)C1C(=O)C2=C(N=C1N)Nc1[nH]c(=O)[nH]c(=O)c1C2c1ccc2c(c1)OCO2. The Kier molecular flexibility index (Phi) is 4.36. The van der Waals surface area contributed by atoms with Gasteiger partial charge in [-0.3, -0.25) is 24.4 Å². The summed E-state index contributed by atoms with van der Waals surface area (Å²) in [4.78, 5) is 59.5.